The lowest BCUT2D eigenvalue weighted by Gasteiger charge is -2.21. The summed E-state index contributed by atoms with van der Waals surface area (Å²) < 4.78 is 0. The van der Waals surface area contributed by atoms with Crippen LogP contribution in [0.3, 0.4) is 0 Å². The first kappa shape index (κ1) is 17.7. The smallest absolute Gasteiger partial charge is 0.236 e. The highest BCUT2D eigenvalue weighted by Crippen LogP contribution is 2.17. The standard InChI is InChI=1S/C17H22N6O/c1-22(7-2-6-18)17(24)13-23-8-5-15(12-23)11-21-16-4-3-14(9-19)10-20-16/h3-4,10,15H,2,5,7-8,11-13H2,1H3,(H,20,21). The van der Waals surface area contributed by atoms with Crippen LogP contribution in [0.15, 0.2) is 18.3 Å². The molecule has 0 aromatic carbocycles. The fourth-order valence-corrected chi connectivity index (χ4v) is 2.69. The van der Waals surface area contributed by atoms with Crippen LogP contribution < -0.4 is 5.32 Å². The third-order valence-corrected chi connectivity index (χ3v) is 4.18. The zero-order valence-corrected chi connectivity index (χ0v) is 13.9. The molecule has 1 amide bonds. The summed E-state index contributed by atoms with van der Waals surface area (Å²) in [6.45, 7) is 3.48. The van der Waals surface area contributed by atoms with Gasteiger partial charge in [-0.3, -0.25) is 9.69 Å². The molecular weight excluding hydrogens is 304 g/mol. The van der Waals surface area contributed by atoms with Crippen molar-refractivity contribution in [3.63, 3.8) is 0 Å². The minimum atomic E-state index is 0.0626. The molecule has 1 aromatic heterocycles. The Morgan fingerprint density at radius 1 is 1.50 bits per heavy atom. The summed E-state index contributed by atoms with van der Waals surface area (Å²) in [5.41, 5.74) is 0.548. The van der Waals surface area contributed by atoms with Crippen molar-refractivity contribution in [3.8, 4) is 12.1 Å². The molecule has 1 saturated heterocycles. The molecule has 0 spiro atoms. The number of amides is 1. The highest BCUT2D eigenvalue weighted by atomic mass is 16.2. The van der Waals surface area contributed by atoms with Crippen LogP contribution in [-0.4, -0.2) is 60.5 Å². The number of likely N-dealkylation sites (N-methyl/N-ethyl adjacent to an activating group) is 1. The van der Waals surface area contributed by atoms with E-state index in [0.717, 1.165) is 31.9 Å². The molecule has 2 rings (SSSR count). The minimum absolute atomic E-state index is 0.0626. The lowest BCUT2D eigenvalue weighted by atomic mass is 10.1. The summed E-state index contributed by atoms with van der Waals surface area (Å²) in [5.74, 6) is 1.30. The molecule has 0 bridgehead atoms. The summed E-state index contributed by atoms with van der Waals surface area (Å²) in [6, 6.07) is 7.65. The largest absolute Gasteiger partial charge is 0.370 e. The summed E-state index contributed by atoms with van der Waals surface area (Å²) in [5, 5.41) is 20.6. The molecule has 126 valence electrons. The number of rotatable bonds is 7. The number of hydrogen-bond donors (Lipinski definition) is 1. The first-order valence-corrected chi connectivity index (χ1v) is 8.05. The summed E-state index contributed by atoms with van der Waals surface area (Å²) in [4.78, 5) is 20.0. The first-order valence-electron chi connectivity index (χ1n) is 8.05. The Hall–Kier alpha value is -2.64. The zero-order valence-electron chi connectivity index (χ0n) is 13.9. The van der Waals surface area contributed by atoms with E-state index in [9.17, 15) is 4.79 Å². The number of nitrogens with one attached hydrogen (secondary N) is 1. The number of carbonyl (C=O) groups excluding carboxylic acids is 1. The Kier molecular flexibility index (Phi) is 6.53. The van der Waals surface area contributed by atoms with Gasteiger partial charge in [-0.05, 0) is 31.0 Å². The maximum Gasteiger partial charge on any atom is 0.236 e. The van der Waals surface area contributed by atoms with Gasteiger partial charge >= 0.3 is 0 Å². The second kappa shape index (κ2) is 8.85. The molecule has 1 atom stereocenters. The van der Waals surface area contributed by atoms with Gasteiger partial charge in [0.1, 0.15) is 11.9 Å². The van der Waals surface area contributed by atoms with E-state index >= 15 is 0 Å². The predicted molar refractivity (Wildman–Crippen MR) is 89.9 cm³/mol. The molecular formula is C17H22N6O. The highest BCUT2D eigenvalue weighted by Gasteiger charge is 2.24. The first-order chi connectivity index (χ1) is 11.6. The van der Waals surface area contributed by atoms with E-state index in [2.05, 4.69) is 21.3 Å². The maximum atomic E-state index is 12.1. The summed E-state index contributed by atoms with van der Waals surface area (Å²) >= 11 is 0. The average molecular weight is 326 g/mol. The third kappa shape index (κ3) is 5.22. The van der Waals surface area contributed by atoms with Crippen LogP contribution in [0.1, 0.15) is 18.4 Å². The molecule has 1 aliphatic rings. The van der Waals surface area contributed by atoms with Crippen LogP contribution in [0.4, 0.5) is 5.82 Å². The van der Waals surface area contributed by atoms with Crippen molar-refractivity contribution in [1.82, 2.24) is 14.8 Å². The Morgan fingerprint density at radius 3 is 3.00 bits per heavy atom. The van der Waals surface area contributed by atoms with Gasteiger partial charge in [-0.1, -0.05) is 0 Å². The van der Waals surface area contributed by atoms with E-state index < -0.39 is 0 Å². The zero-order chi connectivity index (χ0) is 17.4. The fraction of sp³-hybridized carbons (Fsp3) is 0.529. The topological polar surface area (TPSA) is 96.0 Å². The van der Waals surface area contributed by atoms with Crippen LogP contribution in [-0.2, 0) is 4.79 Å². The molecule has 2 heterocycles. The van der Waals surface area contributed by atoms with E-state index in [1.807, 2.05) is 6.07 Å². The summed E-state index contributed by atoms with van der Waals surface area (Å²) in [7, 11) is 1.74. The molecule has 7 heteroatoms. The summed E-state index contributed by atoms with van der Waals surface area (Å²) in [6.07, 6.45) is 2.96. The van der Waals surface area contributed by atoms with Gasteiger partial charge in [-0.2, -0.15) is 10.5 Å². The molecule has 1 aromatic rings. The van der Waals surface area contributed by atoms with Crippen molar-refractivity contribution in [3.05, 3.63) is 23.9 Å². The Morgan fingerprint density at radius 2 is 2.33 bits per heavy atom. The van der Waals surface area contributed by atoms with E-state index in [4.69, 9.17) is 10.5 Å². The van der Waals surface area contributed by atoms with Crippen LogP contribution in [0.25, 0.3) is 0 Å². The number of nitrogens with zero attached hydrogens (tertiary/aromatic N) is 5. The molecule has 1 aliphatic heterocycles. The minimum Gasteiger partial charge on any atom is -0.370 e. The normalized spacial score (nSPS) is 17.0. The van der Waals surface area contributed by atoms with Crippen LogP contribution >= 0.6 is 0 Å². The second-order valence-corrected chi connectivity index (χ2v) is 6.04. The average Bonchev–Trinajstić information content (AvgIpc) is 3.05. The van der Waals surface area contributed by atoms with Crippen molar-refractivity contribution >= 4 is 11.7 Å². The van der Waals surface area contributed by atoms with E-state index in [0.29, 0.717) is 31.0 Å². The number of likely N-dealkylation sites (tertiary alicyclic amines) is 1. The molecule has 1 unspecified atom stereocenters. The van der Waals surface area contributed by atoms with Gasteiger partial charge in [0.2, 0.25) is 5.91 Å². The number of aromatic nitrogens is 1. The highest BCUT2D eigenvalue weighted by molar-refractivity contribution is 5.78. The molecule has 7 nitrogen and oxygen atoms in total. The molecule has 0 aliphatic carbocycles. The van der Waals surface area contributed by atoms with Crippen molar-refractivity contribution in [1.29, 1.82) is 10.5 Å². The van der Waals surface area contributed by atoms with Gasteiger partial charge in [0, 0.05) is 32.9 Å². The number of anilines is 1. The Balaban J connectivity index is 1.71. The Labute approximate surface area is 142 Å². The van der Waals surface area contributed by atoms with E-state index in [1.54, 1.807) is 30.3 Å². The van der Waals surface area contributed by atoms with Crippen molar-refractivity contribution in [2.75, 3.05) is 45.1 Å². The predicted octanol–water partition coefficient (Wildman–Crippen LogP) is 1.06. The Bertz CT molecular complexity index is 630. The van der Waals surface area contributed by atoms with Crippen LogP contribution in [0.5, 0.6) is 0 Å². The number of carbonyl (C=O) groups is 1. The van der Waals surface area contributed by atoms with Gasteiger partial charge in [0.15, 0.2) is 0 Å². The van der Waals surface area contributed by atoms with Crippen molar-refractivity contribution in [2.45, 2.75) is 12.8 Å². The number of pyridine rings is 1. The third-order valence-electron chi connectivity index (χ3n) is 4.18. The van der Waals surface area contributed by atoms with Crippen molar-refractivity contribution in [2.24, 2.45) is 5.92 Å². The van der Waals surface area contributed by atoms with Gasteiger partial charge in [0.05, 0.1) is 24.6 Å². The molecule has 1 fully saturated rings. The maximum absolute atomic E-state index is 12.1. The van der Waals surface area contributed by atoms with Crippen molar-refractivity contribution < 1.29 is 4.79 Å². The number of nitriles is 2. The second-order valence-electron chi connectivity index (χ2n) is 6.04. The quantitative estimate of drug-likeness (QED) is 0.805. The van der Waals surface area contributed by atoms with Gasteiger partial charge in [-0.15, -0.1) is 0 Å². The molecule has 1 N–H and O–H groups in total. The van der Waals surface area contributed by atoms with Gasteiger partial charge in [-0.25, -0.2) is 4.98 Å². The fourth-order valence-electron chi connectivity index (χ4n) is 2.69. The molecule has 0 saturated carbocycles. The lowest BCUT2D eigenvalue weighted by molar-refractivity contribution is -0.130. The monoisotopic (exact) mass is 326 g/mol. The van der Waals surface area contributed by atoms with Crippen LogP contribution in [0, 0.1) is 28.6 Å². The van der Waals surface area contributed by atoms with Gasteiger partial charge in [0.25, 0.3) is 0 Å². The SMILES string of the molecule is CN(CCC#N)C(=O)CN1CCC(CNc2ccc(C#N)cn2)C1. The molecule has 24 heavy (non-hydrogen) atoms. The lowest BCUT2D eigenvalue weighted by Crippen LogP contribution is -2.38. The van der Waals surface area contributed by atoms with E-state index in [-0.39, 0.29) is 5.91 Å². The van der Waals surface area contributed by atoms with Gasteiger partial charge < -0.3 is 10.2 Å². The molecule has 0 radical (unpaired) electrons. The van der Waals surface area contributed by atoms with E-state index in [1.165, 1.54) is 0 Å². The number of hydrogen-bond acceptors (Lipinski definition) is 6. The van der Waals surface area contributed by atoms with Crippen LogP contribution in [0.2, 0.25) is 0 Å².